The van der Waals surface area contributed by atoms with Gasteiger partial charge in [0.05, 0.1) is 12.7 Å². The second-order valence-electron chi connectivity index (χ2n) is 7.39. The van der Waals surface area contributed by atoms with E-state index in [-0.39, 0.29) is 12.0 Å². The minimum atomic E-state index is -0.00405. The van der Waals surface area contributed by atoms with Crippen LogP contribution in [-0.2, 0) is 11.3 Å². The van der Waals surface area contributed by atoms with Gasteiger partial charge in [0.2, 0.25) is 0 Å². The Morgan fingerprint density at radius 2 is 2.04 bits per heavy atom. The third kappa shape index (κ3) is 4.27. The molecule has 5 nitrogen and oxygen atoms in total. The number of carbonyl (C=O) groups is 1. The van der Waals surface area contributed by atoms with E-state index in [4.69, 9.17) is 9.15 Å². The third-order valence-electron chi connectivity index (χ3n) is 5.16. The maximum absolute atomic E-state index is 13.1. The number of hydrogen-bond donors (Lipinski definition) is 1. The minimum Gasteiger partial charge on any atom is -0.451 e. The van der Waals surface area contributed by atoms with Crippen molar-refractivity contribution >= 4 is 16.9 Å². The smallest absolute Gasteiger partial charge is 0.289 e. The molecule has 142 valence electrons. The monoisotopic (exact) mass is 358 g/mol. The van der Waals surface area contributed by atoms with E-state index in [0.717, 1.165) is 49.0 Å². The highest BCUT2D eigenvalue weighted by Gasteiger charge is 2.28. The van der Waals surface area contributed by atoms with Gasteiger partial charge in [0.25, 0.3) is 5.91 Å². The van der Waals surface area contributed by atoms with Gasteiger partial charge in [-0.05, 0) is 58.7 Å². The fourth-order valence-electron chi connectivity index (χ4n) is 3.58. The van der Waals surface area contributed by atoms with Gasteiger partial charge in [-0.3, -0.25) is 4.79 Å². The Kier molecular flexibility index (Phi) is 6.33. The zero-order valence-electron chi connectivity index (χ0n) is 16.1. The summed E-state index contributed by atoms with van der Waals surface area (Å²) in [6.07, 6.45) is 3.41. The van der Waals surface area contributed by atoms with E-state index in [1.165, 1.54) is 6.42 Å². The van der Waals surface area contributed by atoms with E-state index in [1.807, 2.05) is 50.1 Å². The number of ether oxygens (including phenoxy) is 1. The zero-order chi connectivity index (χ0) is 18.5. The lowest BCUT2D eigenvalue weighted by molar-refractivity contribution is 0.0584. The fraction of sp³-hybridized carbons (Fsp3) is 0.571. The quantitative estimate of drug-likeness (QED) is 0.817. The Morgan fingerprint density at radius 3 is 2.73 bits per heavy atom. The fourth-order valence-corrected chi connectivity index (χ4v) is 3.58. The van der Waals surface area contributed by atoms with Gasteiger partial charge in [0.15, 0.2) is 5.76 Å². The summed E-state index contributed by atoms with van der Waals surface area (Å²) in [6, 6.07) is 7.81. The maximum atomic E-state index is 13.1. The molecule has 0 saturated carbocycles. The molecule has 2 aromatic rings. The zero-order valence-corrected chi connectivity index (χ0v) is 16.1. The van der Waals surface area contributed by atoms with Crippen molar-refractivity contribution in [3.05, 3.63) is 35.6 Å². The van der Waals surface area contributed by atoms with Crippen LogP contribution in [0.15, 0.2) is 28.7 Å². The van der Waals surface area contributed by atoms with Crippen LogP contribution in [0.5, 0.6) is 0 Å². The number of fused-ring (bicyclic) bond motifs is 1. The predicted molar refractivity (Wildman–Crippen MR) is 103 cm³/mol. The molecule has 26 heavy (non-hydrogen) atoms. The van der Waals surface area contributed by atoms with Crippen molar-refractivity contribution in [2.24, 2.45) is 5.92 Å². The summed E-state index contributed by atoms with van der Waals surface area (Å²) >= 11 is 0. The Bertz CT molecular complexity index is 730. The summed E-state index contributed by atoms with van der Waals surface area (Å²) in [6.45, 7) is 7.04. The predicted octanol–water partition coefficient (Wildman–Crippen LogP) is 3.82. The van der Waals surface area contributed by atoms with Crippen molar-refractivity contribution in [1.82, 2.24) is 10.2 Å². The first-order chi connectivity index (χ1) is 12.6. The van der Waals surface area contributed by atoms with E-state index < -0.39 is 0 Å². The van der Waals surface area contributed by atoms with Gasteiger partial charge in [-0.15, -0.1) is 0 Å². The number of hydrogen-bond acceptors (Lipinski definition) is 4. The second-order valence-corrected chi connectivity index (χ2v) is 7.39. The summed E-state index contributed by atoms with van der Waals surface area (Å²) in [5.74, 6) is 1.14. The first-order valence-electron chi connectivity index (χ1n) is 9.66. The van der Waals surface area contributed by atoms with Crippen LogP contribution in [0, 0.1) is 5.92 Å². The van der Waals surface area contributed by atoms with Crippen LogP contribution in [-0.4, -0.2) is 43.6 Å². The number of para-hydroxylation sites is 1. The topological polar surface area (TPSA) is 54.7 Å². The summed E-state index contributed by atoms with van der Waals surface area (Å²) in [5.41, 5.74) is 1.62. The number of nitrogens with zero attached hydrogens (tertiary/aromatic N) is 1. The summed E-state index contributed by atoms with van der Waals surface area (Å²) in [4.78, 5) is 15.1. The Hall–Kier alpha value is -1.85. The van der Waals surface area contributed by atoms with Crippen LogP contribution in [0.4, 0.5) is 0 Å². The van der Waals surface area contributed by atoms with Crippen LogP contribution >= 0.6 is 0 Å². The first-order valence-corrected chi connectivity index (χ1v) is 9.66. The number of carbonyl (C=O) groups excluding carboxylic acids is 1. The van der Waals surface area contributed by atoms with Gasteiger partial charge in [-0.2, -0.15) is 0 Å². The van der Waals surface area contributed by atoms with Crippen LogP contribution in [0.3, 0.4) is 0 Å². The molecule has 0 spiro atoms. The summed E-state index contributed by atoms with van der Waals surface area (Å²) < 4.78 is 11.8. The van der Waals surface area contributed by atoms with E-state index in [0.29, 0.717) is 18.3 Å². The second kappa shape index (κ2) is 8.69. The lowest BCUT2D eigenvalue weighted by Gasteiger charge is -2.31. The number of rotatable bonds is 7. The molecule has 1 aromatic heterocycles. The van der Waals surface area contributed by atoms with Gasteiger partial charge in [-0.25, -0.2) is 0 Å². The number of nitrogens with one attached hydrogen (secondary N) is 1. The van der Waals surface area contributed by atoms with Crippen LogP contribution in [0.2, 0.25) is 0 Å². The van der Waals surface area contributed by atoms with Crippen molar-refractivity contribution in [3.63, 3.8) is 0 Å². The Morgan fingerprint density at radius 1 is 1.31 bits per heavy atom. The van der Waals surface area contributed by atoms with Crippen LogP contribution < -0.4 is 5.32 Å². The lowest BCUT2D eigenvalue weighted by Crippen LogP contribution is -2.39. The van der Waals surface area contributed by atoms with Crippen molar-refractivity contribution in [1.29, 1.82) is 0 Å². The summed E-state index contributed by atoms with van der Waals surface area (Å²) in [7, 11) is 1.99. The Labute approximate surface area is 155 Å². The molecule has 2 heterocycles. The van der Waals surface area contributed by atoms with E-state index in [1.54, 1.807) is 0 Å². The van der Waals surface area contributed by atoms with E-state index in [2.05, 4.69) is 5.32 Å². The highest BCUT2D eigenvalue weighted by molar-refractivity contribution is 5.99. The molecule has 1 aliphatic heterocycles. The molecule has 3 rings (SSSR count). The van der Waals surface area contributed by atoms with Crippen molar-refractivity contribution in [2.45, 2.75) is 45.8 Å². The van der Waals surface area contributed by atoms with Crippen LogP contribution in [0.1, 0.15) is 49.2 Å². The highest BCUT2D eigenvalue weighted by atomic mass is 16.5. The molecule has 0 atom stereocenters. The molecule has 0 unspecified atom stereocenters. The molecule has 0 bridgehead atoms. The molecule has 1 fully saturated rings. The number of benzene rings is 1. The molecule has 1 N–H and O–H groups in total. The van der Waals surface area contributed by atoms with Crippen LogP contribution in [0.25, 0.3) is 11.0 Å². The number of furan rings is 1. The average molecular weight is 358 g/mol. The maximum Gasteiger partial charge on any atom is 0.289 e. The lowest BCUT2D eigenvalue weighted by atomic mass is 9.93. The number of likely N-dealkylation sites (tertiary alicyclic amines) is 1. The molecule has 1 amide bonds. The van der Waals surface area contributed by atoms with Crippen molar-refractivity contribution in [3.8, 4) is 0 Å². The Balaban J connectivity index is 1.76. The molecule has 1 saturated heterocycles. The number of amides is 1. The minimum absolute atomic E-state index is 0.00405. The van der Waals surface area contributed by atoms with Gasteiger partial charge in [-0.1, -0.05) is 18.2 Å². The van der Waals surface area contributed by atoms with E-state index >= 15 is 0 Å². The average Bonchev–Trinajstić information content (AvgIpc) is 3.03. The number of piperidine rings is 1. The molecule has 1 aliphatic rings. The molecular formula is C21H30N2O3. The molecule has 0 aliphatic carbocycles. The first kappa shape index (κ1) is 18.9. The van der Waals surface area contributed by atoms with Gasteiger partial charge < -0.3 is 19.4 Å². The van der Waals surface area contributed by atoms with Crippen molar-refractivity contribution < 1.29 is 13.9 Å². The molecular weight excluding hydrogens is 328 g/mol. The molecule has 5 heteroatoms. The normalized spacial score (nSPS) is 15.9. The summed E-state index contributed by atoms with van der Waals surface area (Å²) in [5, 5.41) is 4.18. The largest absolute Gasteiger partial charge is 0.451 e. The van der Waals surface area contributed by atoms with Gasteiger partial charge in [0.1, 0.15) is 5.58 Å². The SMILES string of the molecule is CNCCC1CCN(C(=O)c2oc3ccccc3c2COC(C)C)CC1. The standard InChI is InChI=1S/C21H30N2O3/c1-15(2)25-14-18-17-6-4-5-7-19(17)26-20(18)21(24)23-12-9-16(10-13-23)8-11-22-3/h4-7,15-16,22H,8-14H2,1-3H3. The van der Waals surface area contributed by atoms with E-state index in [9.17, 15) is 4.79 Å². The van der Waals surface area contributed by atoms with Gasteiger partial charge >= 0.3 is 0 Å². The highest BCUT2D eigenvalue weighted by Crippen LogP contribution is 2.29. The third-order valence-corrected chi connectivity index (χ3v) is 5.16. The molecule has 1 aromatic carbocycles. The molecule has 0 radical (unpaired) electrons. The van der Waals surface area contributed by atoms with Gasteiger partial charge in [0, 0.05) is 24.0 Å². The van der Waals surface area contributed by atoms with Crippen molar-refractivity contribution in [2.75, 3.05) is 26.7 Å².